The largest absolute Gasteiger partial charge is 0.302 e. The van der Waals surface area contributed by atoms with Crippen LogP contribution in [0.2, 0.25) is 0 Å². The zero-order chi connectivity index (χ0) is 9.52. The summed E-state index contributed by atoms with van der Waals surface area (Å²) in [7, 11) is 0. The van der Waals surface area contributed by atoms with Crippen LogP contribution in [0.3, 0.4) is 0 Å². The second kappa shape index (κ2) is 5.27. The molecule has 0 unspecified atom stereocenters. The van der Waals surface area contributed by atoms with E-state index in [1.165, 1.54) is 6.42 Å². The average Bonchev–Trinajstić information content (AvgIpc) is 2.21. The van der Waals surface area contributed by atoms with E-state index in [4.69, 9.17) is 6.42 Å². The van der Waals surface area contributed by atoms with Crippen LogP contribution in [0.4, 0.5) is 5.69 Å². The van der Waals surface area contributed by atoms with Gasteiger partial charge in [-0.15, -0.1) is 0 Å². The zero-order valence-electron chi connectivity index (χ0n) is 8.03. The highest BCUT2D eigenvalue weighted by atomic mass is 15.1. The first-order chi connectivity index (χ1) is 6.38. The summed E-state index contributed by atoms with van der Waals surface area (Å²) in [4.78, 5) is 1.95. The molecule has 0 aromatic heterocycles. The zero-order valence-corrected chi connectivity index (χ0v) is 8.03. The van der Waals surface area contributed by atoms with E-state index in [9.17, 15) is 0 Å². The SMILES string of the molecule is C#CN(CCCC)c1ccccc1. The first-order valence-corrected chi connectivity index (χ1v) is 4.67. The third-order valence-electron chi connectivity index (χ3n) is 1.96. The van der Waals surface area contributed by atoms with Gasteiger partial charge in [-0.1, -0.05) is 38.0 Å². The Morgan fingerprint density at radius 3 is 2.54 bits per heavy atom. The van der Waals surface area contributed by atoms with Crippen LogP contribution in [-0.4, -0.2) is 6.54 Å². The summed E-state index contributed by atoms with van der Waals surface area (Å²) in [5, 5.41) is 0. The molecule has 0 radical (unpaired) electrons. The molecule has 0 amide bonds. The predicted molar refractivity (Wildman–Crippen MR) is 57.5 cm³/mol. The van der Waals surface area contributed by atoms with E-state index in [1.54, 1.807) is 0 Å². The molecule has 1 aromatic carbocycles. The number of anilines is 1. The second-order valence-electron chi connectivity index (χ2n) is 2.97. The third kappa shape index (κ3) is 2.83. The monoisotopic (exact) mass is 173 g/mol. The molecule has 0 aliphatic rings. The van der Waals surface area contributed by atoms with Crippen LogP contribution in [0.25, 0.3) is 0 Å². The van der Waals surface area contributed by atoms with Crippen molar-refractivity contribution in [1.82, 2.24) is 0 Å². The Hall–Kier alpha value is -1.42. The number of terminal acetylenes is 1. The predicted octanol–water partition coefficient (Wildman–Crippen LogP) is 2.88. The number of benzene rings is 1. The Bertz CT molecular complexity index is 271. The molecule has 0 bridgehead atoms. The molecule has 1 aromatic rings. The van der Waals surface area contributed by atoms with Gasteiger partial charge in [0.25, 0.3) is 0 Å². The van der Waals surface area contributed by atoms with Crippen LogP contribution < -0.4 is 4.90 Å². The molecule has 68 valence electrons. The standard InChI is InChI=1S/C12H15N/c1-3-5-11-13(4-2)12-9-7-6-8-10-12/h2,6-10H,3,5,11H2,1H3. The van der Waals surface area contributed by atoms with Crippen LogP contribution in [0, 0.1) is 12.5 Å². The van der Waals surface area contributed by atoms with Gasteiger partial charge >= 0.3 is 0 Å². The lowest BCUT2D eigenvalue weighted by Gasteiger charge is -2.16. The molecule has 0 saturated heterocycles. The lowest BCUT2D eigenvalue weighted by Crippen LogP contribution is -2.17. The Balaban J connectivity index is 2.63. The van der Waals surface area contributed by atoms with E-state index in [2.05, 4.69) is 13.0 Å². The summed E-state index contributed by atoms with van der Waals surface area (Å²) >= 11 is 0. The highest BCUT2D eigenvalue weighted by Gasteiger charge is 1.99. The minimum atomic E-state index is 0.941. The van der Waals surface area contributed by atoms with Crippen LogP contribution in [-0.2, 0) is 0 Å². The van der Waals surface area contributed by atoms with Gasteiger partial charge in [-0.3, -0.25) is 0 Å². The van der Waals surface area contributed by atoms with Crippen LogP contribution >= 0.6 is 0 Å². The van der Waals surface area contributed by atoms with Crippen molar-refractivity contribution in [2.75, 3.05) is 11.4 Å². The number of rotatable bonds is 4. The molecular weight excluding hydrogens is 158 g/mol. The van der Waals surface area contributed by atoms with Crippen molar-refractivity contribution in [1.29, 1.82) is 0 Å². The van der Waals surface area contributed by atoms with E-state index in [-0.39, 0.29) is 0 Å². The van der Waals surface area contributed by atoms with Crippen LogP contribution in [0.15, 0.2) is 30.3 Å². The number of para-hydroxylation sites is 1. The van der Waals surface area contributed by atoms with E-state index < -0.39 is 0 Å². The topological polar surface area (TPSA) is 3.24 Å². The van der Waals surface area contributed by atoms with E-state index in [0.29, 0.717) is 0 Å². The van der Waals surface area contributed by atoms with Crippen LogP contribution in [0.1, 0.15) is 19.8 Å². The van der Waals surface area contributed by atoms with E-state index in [0.717, 1.165) is 18.7 Å². The summed E-state index contributed by atoms with van der Waals surface area (Å²) in [6.07, 6.45) is 7.73. The Morgan fingerprint density at radius 1 is 1.31 bits per heavy atom. The summed E-state index contributed by atoms with van der Waals surface area (Å²) in [6, 6.07) is 12.8. The molecule has 13 heavy (non-hydrogen) atoms. The smallest absolute Gasteiger partial charge is 0.0488 e. The van der Waals surface area contributed by atoms with Crippen molar-refractivity contribution in [3.63, 3.8) is 0 Å². The van der Waals surface area contributed by atoms with Crippen molar-refractivity contribution < 1.29 is 0 Å². The maximum absolute atomic E-state index is 5.42. The molecule has 1 nitrogen and oxygen atoms in total. The molecule has 0 atom stereocenters. The molecule has 0 heterocycles. The van der Waals surface area contributed by atoms with Crippen molar-refractivity contribution in [2.45, 2.75) is 19.8 Å². The molecule has 0 N–H and O–H groups in total. The van der Waals surface area contributed by atoms with Crippen molar-refractivity contribution in [2.24, 2.45) is 0 Å². The summed E-state index contributed by atoms with van der Waals surface area (Å²) in [6.45, 7) is 3.11. The van der Waals surface area contributed by atoms with Gasteiger partial charge in [0.1, 0.15) is 0 Å². The van der Waals surface area contributed by atoms with Gasteiger partial charge in [-0.05, 0) is 18.6 Å². The second-order valence-corrected chi connectivity index (χ2v) is 2.97. The van der Waals surface area contributed by atoms with Crippen molar-refractivity contribution in [3.05, 3.63) is 30.3 Å². The highest BCUT2D eigenvalue weighted by molar-refractivity contribution is 5.50. The number of hydrogen-bond acceptors (Lipinski definition) is 1. The lowest BCUT2D eigenvalue weighted by atomic mass is 10.2. The fourth-order valence-corrected chi connectivity index (χ4v) is 1.19. The number of hydrogen-bond donors (Lipinski definition) is 0. The molecule has 0 spiro atoms. The Labute approximate surface area is 80.4 Å². The average molecular weight is 173 g/mol. The van der Waals surface area contributed by atoms with Gasteiger partial charge in [0.2, 0.25) is 0 Å². The van der Waals surface area contributed by atoms with Gasteiger partial charge in [-0.2, -0.15) is 0 Å². The lowest BCUT2D eigenvalue weighted by molar-refractivity contribution is 0.790. The van der Waals surface area contributed by atoms with Gasteiger partial charge in [0, 0.05) is 18.3 Å². The van der Waals surface area contributed by atoms with E-state index in [1.807, 2.05) is 35.2 Å². The first kappa shape index (κ1) is 9.67. The van der Waals surface area contributed by atoms with Gasteiger partial charge in [0.15, 0.2) is 0 Å². The number of unbranched alkanes of at least 4 members (excludes halogenated alkanes) is 1. The molecule has 0 fully saturated rings. The Morgan fingerprint density at radius 2 is 2.00 bits per heavy atom. The fourth-order valence-electron chi connectivity index (χ4n) is 1.19. The fraction of sp³-hybridized carbons (Fsp3) is 0.333. The molecule has 1 heteroatoms. The summed E-state index contributed by atoms with van der Waals surface area (Å²) < 4.78 is 0. The quantitative estimate of drug-likeness (QED) is 0.500. The first-order valence-electron chi connectivity index (χ1n) is 4.67. The van der Waals surface area contributed by atoms with Crippen molar-refractivity contribution in [3.8, 4) is 12.5 Å². The minimum absolute atomic E-state index is 0.941. The Kier molecular flexibility index (Phi) is 3.92. The number of nitrogens with zero attached hydrogens (tertiary/aromatic N) is 1. The van der Waals surface area contributed by atoms with Gasteiger partial charge in [0.05, 0.1) is 0 Å². The molecule has 0 saturated carbocycles. The highest BCUT2D eigenvalue weighted by Crippen LogP contribution is 2.12. The third-order valence-corrected chi connectivity index (χ3v) is 1.96. The summed E-state index contributed by atoms with van der Waals surface area (Å²) in [5.41, 5.74) is 1.11. The van der Waals surface area contributed by atoms with Gasteiger partial charge < -0.3 is 4.90 Å². The van der Waals surface area contributed by atoms with E-state index >= 15 is 0 Å². The van der Waals surface area contributed by atoms with Crippen molar-refractivity contribution >= 4 is 5.69 Å². The normalized spacial score (nSPS) is 9.23. The van der Waals surface area contributed by atoms with Crippen LogP contribution in [0.5, 0.6) is 0 Å². The molecular formula is C12H15N. The maximum atomic E-state index is 5.42. The minimum Gasteiger partial charge on any atom is -0.302 e. The van der Waals surface area contributed by atoms with Gasteiger partial charge in [-0.25, -0.2) is 0 Å². The molecule has 1 rings (SSSR count). The summed E-state index contributed by atoms with van der Waals surface area (Å²) in [5.74, 6) is 0. The molecule has 0 aliphatic carbocycles. The molecule has 0 aliphatic heterocycles. The maximum Gasteiger partial charge on any atom is 0.0488 e.